The molecule has 3 heterocycles. The molecular weight excluding hydrogens is 502 g/mol. The van der Waals surface area contributed by atoms with Crippen LogP contribution in [0.2, 0.25) is 0 Å². The van der Waals surface area contributed by atoms with Gasteiger partial charge in [0.15, 0.2) is 10.7 Å². The number of fused-ring (bicyclic) bond motifs is 1. The molecule has 4 rings (SSSR count). The number of benzene rings is 1. The maximum absolute atomic E-state index is 12.8. The molecule has 0 aliphatic carbocycles. The van der Waals surface area contributed by atoms with Crippen molar-refractivity contribution in [1.29, 1.82) is 0 Å². The number of hydrogen-bond donors (Lipinski definition) is 7. The van der Waals surface area contributed by atoms with Gasteiger partial charge in [0.25, 0.3) is 11.8 Å². The number of amides is 3. The maximum Gasteiger partial charge on any atom is 0.352 e. The van der Waals surface area contributed by atoms with Gasteiger partial charge in [0.05, 0.1) is 0 Å². The highest BCUT2D eigenvalue weighted by molar-refractivity contribution is 8.01. The van der Waals surface area contributed by atoms with Crippen LogP contribution in [-0.2, 0) is 14.4 Å². The summed E-state index contributed by atoms with van der Waals surface area (Å²) in [5, 5.41) is 40.8. The van der Waals surface area contributed by atoms with Crippen molar-refractivity contribution in [3.05, 3.63) is 40.7 Å². The Morgan fingerprint density at radius 1 is 1.26 bits per heavy atom. The topological polar surface area (TPSA) is 238 Å². The number of hydrogen-bond acceptors (Lipinski definition) is 11. The molecule has 1 aromatic carbocycles. The van der Waals surface area contributed by atoms with E-state index in [9.17, 15) is 34.5 Å². The number of carboxylic acids is 1. The molecule has 0 spiro atoms. The molecule has 9 N–H and O–H groups in total. The van der Waals surface area contributed by atoms with E-state index in [1.54, 1.807) is 0 Å². The Morgan fingerprint density at radius 3 is 2.57 bits per heavy atom. The first kappa shape index (κ1) is 24.4. The number of aromatic amines is 1. The van der Waals surface area contributed by atoms with Gasteiger partial charge in [0.2, 0.25) is 5.91 Å². The molecule has 0 bridgehead atoms. The van der Waals surface area contributed by atoms with Gasteiger partial charge >= 0.3 is 5.97 Å². The van der Waals surface area contributed by atoms with Crippen LogP contribution in [0.15, 0.2) is 34.5 Å². The number of primary amides is 1. The van der Waals surface area contributed by atoms with Crippen LogP contribution in [0.25, 0.3) is 0 Å². The van der Waals surface area contributed by atoms with Crippen molar-refractivity contribution in [2.24, 2.45) is 11.5 Å². The summed E-state index contributed by atoms with van der Waals surface area (Å²) in [4.78, 5) is 49.9. The third-order valence-electron chi connectivity index (χ3n) is 5.25. The number of aromatic hydroxyl groups is 2. The Balaban J connectivity index is 1.47. The fraction of sp³-hybridized carbons (Fsp3) is 0.263. The highest BCUT2D eigenvalue weighted by Gasteiger charge is 2.54. The van der Waals surface area contributed by atoms with Crippen LogP contribution in [0, 0.1) is 0 Å². The van der Waals surface area contributed by atoms with E-state index in [1.165, 1.54) is 23.9 Å². The van der Waals surface area contributed by atoms with Crippen LogP contribution < -0.4 is 16.8 Å². The van der Waals surface area contributed by atoms with E-state index in [4.69, 9.17) is 11.5 Å². The standard InChI is InChI=1S/C19H19N7O7S2/c20-10(6-1-8(27)3-9(28)2-6)15(30)22-12-17(31)26-13(19(32)33)7(5-35-18(12)26)4-34-16-11(14(21)29)23-25-24-16/h1-3,10,12,18,27-28H,4-5,20H2,(H2,21,29)(H,22,30)(H,32,33)(H,23,24,25). The maximum atomic E-state index is 12.8. The largest absolute Gasteiger partial charge is 0.508 e. The fourth-order valence-corrected chi connectivity index (χ4v) is 6.04. The fourth-order valence-electron chi connectivity index (χ4n) is 3.62. The second-order valence-electron chi connectivity index (χ2n) is 7.54. The molecule has 3 atom stereocenters. The summed E-state index contributed by atoms with van der Waals surface area (Å²) < 4.78 is 0. The summed E-state index contributed by atoms with van der Waals surface area (Å²) in [7, 11) is 0. The molecule has 3 unspecified atom stereocenters. The van der Waals surface area contributed by atoms with E-state index < -0.39 is 41.1 Å². The second-order valence-corrected chi connectivity index (χ2v) is 9.61. The van der Waals surface area contributed by atoms with Crippen LogP contribution >= 0.6 is 23.5 Å². The van der Waals surface area contributed by atoms with Crippen molar-refractivity contribution < 1.29 is 34.5 Å². The smallest absolute Gasteiger partial charge is 0.352 e. The number of aromatic nitrogens is 3. The number of nitrogens with two attached hydrogens (primary N) is 2. The number of phenols is 2. The van der Waals surface area contributed by atoms with Gasteiger partial charge < -0.3 is 32.1 Å². The van der Waals surface area contributed by atoms with E-state index in [-0.39, 0.29) is 45.0 Å². The molecule has 2 aliphatic rings. The molecule has 2 aromatic rings. The second kappa shape index (κ2) is 9.47. The number of aliphatic carboxylic acids is 1. The van der Waals surface area contributed by atoms with E-state index in [0.717, 1.165) is 22.7 Å². The SMILES string of the molecule is NC(=O)c1n[nH]nc1SCC1=C(C(=O)O)N2C(=O)C(NC(=O)C(N)c3cc(O)cc(O)c3)C2SC1. The number of β-lactam (4-membered cyclic amide) rings is 1. The number of nitrogens with zero attached hydrogens (tertiary/aromatic N) is 3. The van der Waals surface area contributed by atoms with Gasteiger partial charge in [-0.15, -0.1) is 22.0 Å². The molecule has 14 nitrogen and oxygen atoms in total. The highest BCUT2D eigenvalue weighted by atomic mass is 32.2. The van der Waals surface area contributed by atoms with Crippen molar-refractivity contribution in [2.45, 2.75) is 22.5 Å². The highest BCUT2D eigenvalue weighted by Crippen LogP contribution is 2.41. The summed E-state index contributed by atoms with van der Waals surface area (Å²) in [5.41, 5.74) is 11.4. The minimum absolute atomic E-state index is 0.0759. The lowest BCUT2D eigenvalue weighted by atomic mass is 10.0. The molecule has 0 saturated carbocycles. The van der Waals surface area contributed by atoms with Crippen LogP contribution in [0.3, 0.4) is 0 Å². The van der Waals surface area contributed by atoms with Gasteiger partial charge in [-0.2, -0.15) is 5.21 Å². The van der Waals surface area contributed by atoms with E-state index in [2.05, 4.69) is 20.7 Å². The zero-order chi connectivity index (χ0) is 25.4. The number of thioether (sulfide) groups is 2. The summed E-state index contributed by atoms with van der Waals surface area (Å²) >= 11 is 2.30. The first-order valence-electron chi connectivity index (χ1n) is 9.90. The minimum Gasteiger partial charge on any atom is -0.508 e. The Hall–Kier alpha value is -3.76. The number of rotatable bonds is 8. The number of nitrogens with one attached hydrogen (secondary N) is 2. The quantitative estimate of drug-likeness (QED) is 0.161. The van der Waals surface area contributed by atoms with E-state index >= 15 is 0 Å². The van der Waals surface area contributed by atoms with E-state index in [1.807, 2.05) is 0 Å². The third kappa shape index (κ3) is 4.62. The Morgan fingerprint density at radius 2 is 1.94 bits per heavy atom. The van der Waals surface area contributed by atoms with Crippen molar-refractivity contribution >= 4 is 47.2 Å². The van der Waals surface area contributed by atoms with E-state index in [0.29, 0.717) is 5.57 Å². The number of phenolic OH excluding ortho intramolecular Hbond substituents is 2. The van der Waals surface area contributed by atoms with Crippen LogP contribution in [-0.4, -0.2) is 82.2 Å². The molecule has 1 fully saturated rings. The monoisotopic (exact) mass is 521 g/mol. The number of carbonyl (C=O) groups excluding carboxylic acids is 3. The lowest BCUT2D eigenvalue weighted by Gasteiger charge is -2.49. The molecule has 16 heteroatoms. The Bertz CT molecular complexity index is 1240. The summed E-state index contributed by atoms with van der Waals surface area (Å²) in [6.07, 6.45) is 0. The first-order valence-corrected chi connectivity index (χ1v) is 11.9. The predicted octanol–water partition coefficient (Wildman–Crippen LogP) is -1.15. The van der Waals surface area contributed by atoms with Gasteiger partial charge in [0, 0.05) is 17.6 Å². The number of H-pyrrole nitrogens is 1. The normalized spacial score (nSPS) is 20.1. The molecular formula is C19H19N7O7S2. The molecule has 1 saturated heterocycles. The molecule has 0 radical (unpaired) electrons. The Labute approximate surface area is 205 Å². The van der Waals surface area contributed by atoms with Crippen molar-refractivity contribution in [1.82, 2.24) is 25.6 Å². The van der Waals surface area contributed by atoms with Gasteiger partial charge in [-0.25, -0.2) is 4.79 Å². The van der Waals surface area contributed by atoms with Crippen molar-refractivity contribution in [2.75, 3.05) is 11.5 Å². The zero-order valence-electron chi connectivity index (χ0n) is 17.7. The van der Waals surface area contributed by atoms with Crippen LogP contribution in [0.5, 0.6) is 11.5 Å². The summed E-state index contributed by atoms with van der Waals surface area (Å²) in [6, 6.07) is 1.20. The lowest BCUT2D eigenvalue weighted by molar-refractivity contribution is -0.150. The number of carboxylic acid groups (broad SMARTS) is 1. The van der Waals surface area contributed by atoms with Crippen LogP contribution in [0.1, 0.15) is 22.1 Å². The summed E-state index contributed by atoms with van der Waals surface area (Å²) in [6.45, 7) is 0. The average Bonchev–Trinajstić information content (AvgIpc) is 3.28. The minimum atomic E-state index is -1.31. The van der Waals surface area contributed by atoms with Crippen molar-refractivity contribution in [3.8, 4) is 11.5 Å². The zero-order valence-corrected chi connectivity index (χ0v) is 19.3. The molecule has 1 aromatic heterocycles. The molecule has 184 valence electrons. The molecule has 2 aliphatic heterocycles. The van der Waals surface area contributed by atoms with Crippen LogP contribution in [0.4, 0.5) is 0 Å². The van der Waals surface area contributed by atoms with Gasteiger partial charge in [-0.1, -0.05) is 11.8 Å². The lowest BCUT2D eigenvalue weighted by Crippen LogP contribution is -2.71. The average molecular weight is 522 g/mol. The Kier molecular flexibility index (Phi) is 6.60. The van der Waals surface area contributed by atoms with Gasteiger partial charge in [-0.05, 0) is 23.3 Å². The summed E-state index contributed by atoms with van der Waals surface area (Å²) in [5.74, 6) is -3.68. The molecule has 35 heavy (non-hydrogen) atoms. The van der Waals surface area contributed by atoms with Gasteiger partial charge in [0.1, 0.15) is 34.7 Å². The predicted molar refractivity (Wildman–Crippen MR) is 122 cm³/mol. The first-order chi connectivity index (χ1) is 16.6. The number of carbonyl (C=O) groups is 4. The van der Waals surface area contributed by atoms with Crippen molar-refractivity contribution in [3.63, 3.8) is 0 Å². The van der Waals surface area contributed by atoms with Gasteiger partial charge in [-0.3, -0.25) is 19.3 Å². The molecule has 3 amide bonds. The third-order valence-corrected chi connectivity index (χ3v) is 7.64.